The maximum atomic E-state index is 9.50. The molecule has 0 fully saturated rings. The number of aliphatic hydroxyl groups is 5. The first-order chi connectivity index (χ1) is 7.54. The van der Waals surface area contributed by atoms with Crippen molar-refractivity contribution in [1.82, 2.24) is 0 Å². The lowest BCUT2D eigenvalue weighted by Gasteiger charge is -2.25. The third kappa shape index (κ3) is 5.74. The molecule has 0 bridgehead atoms. The van der Waals surface area contributed by atoms with Crippen molar-refractivity contribution in [2.45, 2.75) is 50.1 Å². The van der Waals surface area contributed by atoms with Gasteiger partial charge in [-0.3, -0.25) is 0 Å². The Kier molecular flexibility index (Phi) is 8.73. The van der Waals surface area contributed by atoms with Crippen molar-refractivity contribution < 1.29 is 25.5 Å². The van der Waals surface area contributed by atoms with Crippen LogP contribution in [0.15, 0.2) is 0 Å². The molecule has 0 aromatic carbocycles. The Balaban J connectivity index is 3.83. The summed E-state index contributed by atoms with van der Waals surface area (Å²) < 4.78 is 0. The molecule has 0 amide bonds. The Hall–Kier alpha value is -0.240. The van der Waals surface area contributed by atoms with Gasteiger partial charge in [-0.2, -0.15) is 0 Å². The Morgan fingerprint density at radius 1 is 0.812 bits per heavy atom. The maximum Gasteiger partial charge on any atom is 0.110 e. The molecule has 0 heterocycles. The van der Waals surface area contributed by atoms with Gasteiger partial charge in [0, 0.05) is 0 Å². The van der Waals surface area contributed by atoms with E-state index in [1.807, 2.05) is 0 Å². The van der Waals surface area contributed by atoms with Crippen LogP contribution in [-0.4, -0.2) is 63.1 Å². The van der Waals surface area contributed by atoms with E-state index in [0.29, 0.717) is 19.4 Å². The van der Waals surface area contributed by atoms with Gasteiger partial charge < -0.3 is 31.3 Å². The van der Waals surface area contributed by atoms with E-state index in [-0.39, 0.29) is 0 Å². The van der Waals surface area contributed by atoms with Crippen LogP contribution in [-0.2, 0) is 0 Å². The van der Waals surface area contributed by atoms with Gasteiger partial charge in [-0.15, -0.1) is 0 Å². The molecule has 1 unspecified atom stereocenters. The van der Waals surface area contributed by atoms with E-state index in [0.717, 1.165) is 12.8 Å². The number of hydrogen-bond donors (Lipinski definition) is 6. The van der Waals surface area contributed by atoms with E-state index in [2.05, 4.69) is 0 Å². The summed E-state index contributed by atoms with van der Waals surface area (Å²) in [6.45, 7) is -0.0668. The van der Waals surface area contributed by atoms with Gasteiger partial charge in [-0.25, -0.2) is 0 Å². The van der Waals surface area contributed by atoms with Gasteiger partial charge in [0.05, 0.1) is 12.7 Å². The zero-order valence-corrected chi connectivity index (χ0v) is 9.37. The normalized spacial score (nSPS) is 19.1. The van der Waals surface area contributed by atoms with Gasteiger partial charge >= 0.3 is 0 Å². The molecule has 7 N–H and O–H groups in total. The SMILES string of the molecule is NCCCCCC(O)[C@H](O)[C@H](O)[C@H](O)CO. The molecule has 0 saturated heterocycles. The Bertz CT molecular complexity index is 169. The van der Waals surface area contributed by atoms with Gasteiger partial charge in [0.25, 0.3) is 0 Å². The molecule has 0 aromatic rings. The highest BCUT2D eigenvalue weighted by atomic mass is 16.4. The summed E-state index contributed by atoms with van der Waals surface area (Å²) in [6, 6.07) is 0. The van der Waals surface area contributed by atoms with Crippen molar-refractivity contribution in [2.75, 3.05) is 13.2 Å². The van der Waals surface area contributed by atoms with Crippen molar-refractivity contribution in [3.8, 4) is 0 Å². The molecule has 0 saturated carbocycles. The standard InChI is InChI=1S/C10H23NO5/c11-5-3-1-2-4-7(13)9(15)10(16)8(14)6-12/h7-10,12-16H,1-6,11H2/t7?,8-,9+,10-/m1/s1. The van der Waals surface area contributed by atoms with Crippen LogP contribution in [0.1, 0.15) is 25.7 Å². The highest BCUT2D eigenvalue weighted by molar-refractivity contribution is 4.80. The average molecular weight is 237 g/mol. The van der Waals surface area contributed by atoms with Crippen molar-refractivity contribution >= 4 is 0 Å². The van der Waals surface area contributed by atoms with Gasteiger partial charge in [0.1, 0.15) is 18.3 Å². The van der Waals surface area contributed by atoms with Crippen molar-refractivity contribution in [3.05, 3.63) is 0 Å². The summed E-state index contributed by atoms with van der Waals surface area (Å²) in [5, 5.41) is 45.9. The fraction of sp³-hybridized carbons (Fsp3) is 1.00. The molecule has 4 atom stereocenters. The summed E-state index contributed by atoms with van der Waals surface area (Å²) in [5.74, 6) is 0. The molecule has 0 aromatic heterocycles. The van der Waals surface area contributed by atoms with E-state index < -0.39 is 31.0 Å². The van der Waals surface area contributed by atoms with Crippen molar-refractivity contribution in [2.24, 2.45) is 5.73 Å². The molecule has 6 nitrogen and oxygen atoms in total. The lowest BCUT2D eigenvalue weighted by Crippen LogP contribution is -2.45. The molecule has 16 heavy (non-hydrogen) atoms. The summed E-state index contributed by atoms with van der Waals surface area (Å²) in [6.07, 6.45) is -2.80. The third-order valence-corrected chi connectivity index (χ3v) is 2.53. The van der Waals surface area contributed by atoms with E-state index in [4.69, 9.17) is 15.9 Å². The van der Waals surface area contributed by atoms with E-state index in [1.165, 1.54) is 0 Å². The monoisotopic (exact) mass is 237 g/mol. The zero-order valence-electron chi connectivity index (χ0n) is 9.37. The van der Waals surface area contributed by atoms with Crippen molar-refractivity contribution in [3.63, 3.8) is 0 Å². The molecule has 0 aliphatic carbocycles. The second kappa shape index (κ2) is 8.86. The first-order valence-electron chi connectivity index (χ1n) is 5.57. The quantitative estimate of drug-likeness (QED) is 0.256. The van der Waals surface area contributed by atoms with Crippen LogP contribution in [0.4, 0.5) is 0 Å². The predicted octanol–water partition coefficient (Wildman–Crippen LogP) is -2.06. The maximum absolute atomic E-state index is 9.50. The predicted molar refractivity (Wildman–Crippen MR) is 58.6 cm³/mol. The second-order valence-electron chi connectivity index (χ2n) is 3.94. The number of unbranched alkanes of at least 4 members (excludes halogenated alkanes) is 2. The minimum Gasteiger partial charge on any atom is -0.394 e. The van der Waals surface area contributed by atoms with Gasteiger partial charge in [-0.05, 0) is 19.4 Å². The minimum absolute atomic E-state index is 0.330. The number of hydrogen-bond acceptors (Lipinski definition) is 6. The van der Waals surface area contributed by atoms with E-state index in [1.54, 1.807) is 0 Å². The van der Waals surface area contributed by atoms with Crippen LogP contribution in [0.2, 0.25) is 0 Å². The lowest BCUT2D eigenvalue weighted by molar-refractivity contribution is -0.116. The first kappa shape index (κ1) is 15.8. The summed E-state index contributed by atoms with van der Waals surface area (Å²) in [4.78, 5) is 0. The van der Waals surface area contributed by atoms with Crippen molar-refractivity contribution in [1.29, 1.82) is 0 Å². The Morgan fingerprint density at radius 3 is 1.88 bits per heavy atom. The largest absolute Gasteiger partial charge is 0.394 e. The second-order valence-corrected chi connectivity index (χ2v) is 3.94. The summed E-state index contributed by atoms with van der Waals surface area (Å²) in [7, 11) is 0. The Labute approximate surface area is 95.3 Å². The highest BCUT2D eigenvalue weighted by Crippen LogP contribution is 2.11. The highest BCUT2D eigenvalue weighted by Gasteiger charge is 2.29. The average Bonchev–Trinajstić information content (AvgIpc) is 2.31. The number of aliphatic hydroxyl groups excluding tert-OH is 5. The van der Waals surface area contributed by atoms with Gasteiger partial charge in [0.15, 0.2) is 0 Å². The summed E-state index contributed by atoms with van der Waals surface area (Å²) in [5.41, 5.74) is 5.30. The molecule has 0 aliphatic rings. The molecule has 0 radical (unpaired) electrons. The minimum atomic E-state index is -1.53. The van der Waals surface area contributed by atoms with E-state index in [9.17, 15) is 15.3 Å². The van der Waals surface area contributed by atoms with Crippen LogP contribution in [0, 0.1) is 0 Å². The molecular formula is C10H23NO5. The Morgan fingerprint density at radius 2 is 1.38 bits per heavy atom. The smallest absolute Gasteiger partial charge is 0.110 e. The fourth-order valence-electron chi connectivity index (χ4n) is 1.41. The number of rotatable bonds is 9. The number of nitrogens with two attached hydrogens (primary N) is 1. The molecule has 0 spiro atoms. The van der Waals surface area contributed by atoms with Crippen LogP contribution in [0.3, 0.4) is 0 Å². The molecule has 98 valence electrons. The van der Waals surface area contributed by atoms with Crippen LogP contribution < -0.4 is 5.73 Å². The van der Waals surface area contributed by atoms with Crippen LogP contribution in [0.5, 0.6) is 0 Å². The van der Waals surface area contributed by atoms with Crippen LogP contribution >= 0.6 is 0 Å². The summed E-state index contributed by atoms with van der Waals surface area (Å²) >= 11 is 0. The molecule has 0 rings (SSSR count). The van der Waals surface area contributed by atoms with Gasteiger partial charge in [0.2, 0.25) is 0 Å². The zero-order chi connectivity index (χ0) is 12.6. The lowest BCUT2D eigenvalue weighted by atomic mass is 9.99. The van der Waals surface area contributed by atoms with Gasteiger partial charge in [-0.1, -0.05) is 12.8 Å². The molecule has 0 aliphatic heterocycles. The van der Waals surface area contributed by atoms with E-state index >= 15 is 0 Å². The molecular weight excluding hydrogens is 214 g/mol. The topological polar surface area (TPSA) is 127 Å². The first-order valence-corrected chi connectivity index (χ1v) is 5.57. The molecule has 6 heteroatoms. The third-order valence-electron chi connectivity index (χ3n) is 2.53. The fourth-order valence-corrected chi connectivity index (χ4v) is 1.41. The van der Waals surface area contributed by atoms with Crippen LogP contribution in [0.25, 0.3) is 0 Å².